The van der Waals surface area contributed by atoms with Crippen molar-refractivity contribution in [2.75, 3.05) is 44.2 Å². The number of para-hydroxylation sites is 2. The molecule has 2 aromatic carbocycles. The predicted octanol–water partition coefficient (Wildman–Crippen LogP) is 5.04. The Bertz CT molecular complexity index is 1720. The number of hydrogen-bond donors (Lipinski definition) is 1. The lowest BCUT2D eigenvalue weighted by atomic mass is 10.0. The molecule has 11 heteroatoms. The molecule has 4 aliphatic heterocycles. The maximum atomic E-state index is 16.1. The Hall–Kier alpha value is -4.12. The number of amides is 2. The monoisotopic (exact) mass is 617 g/mol. The molecule has 1 N–H and O–H groups in total. The first-order valence-corrected chi connectivity index (χ1v) is 16.0. The van der Waals surface area contributed by atoms with E-state index in [2.05, 4.69) is 10.2 Å². The van der Waals surface area contributed by atoms with Crippen LogP contribution in [0.4, 0.5) is 14.9 Å². The topological polar surface area (TPSA) is 96.4 Å². The summed E-state index contributed by atoms with van der Waals surface area (Å²) in [6.45, 7) is 9.61. The zero-order chi connectivity index (χ0) is 31.5. The van der Waals surface area contributed by atoms with Crippen LogP contribution in [0.1, 0.15) is 63.2 Å². The van der Waals surface area contributed by atoms with E-state index in [4.69, 9.17) is 9.47 Å². The number of likely N-dealkylation sites (tertiary alicyclic amines) is 2. The van der Waals surface area contributed by atoms with Gasteiger partial charge >= 0.3 is 6.09 Å². The van der Waals surface area contributed by atoms with E-state index >= 15 is 4.39 Å². The summed E-state index contributed by atoms with van der Waals surface area (Å²) in [6.07, 6.45) is 5.87. The Morgan fingerprint density at radius 1 is 1.02 bits per heavy atom. The molecule has 0 spiro atoms. The molecule has 45 heavy (non-hydrogen) atoms. The lowest BCUT2D eigenvalue weighted by molar-refractivity contribution is 0.0508. The van der Waals surface area contributed by atoms with E-state index in [0.29, 0.717) is 55.6 Å². The minimum Gasteiger partial charge on any atom is -0.451 e. The predicted molar refractivity (Wildman–Crippen MR) is 169 cm³/mol. The number of alkyl carbamates (subject to hydrolysis) is 1. The van der Waals surface area contributed by atoms with E-state index < -0.39 is 22.9 Å². The zero-order valence-corrected chi connectivity index (χ0v) is 26.1. The first-order chi connectivity index (χ1) is 21.6. The molecule has 2 amide bonds. The molecule has 0 bridgehead atoms. The van der Waals surface area contributed by atoms with Gasteiger partial charge in [-0.15, -0.1) is 0 Å². The number of piperidine rings is 1. The average molecular weight is 618 g/mol. The van der Waals surface area contributed by atoms with Gasteiger partial charge in [-0.1, -0.05) is 12.1 Å². The van der Waals surface area contributed by atoms with E-state index in [-0.39, 0.29) is 34.3 Å². The molecular formula is C34H40FN5O5. The number of nitrogens with zero attached hydrogens (tertiary/aromatic N) is 4. The number of carbonyl (C=O) groups is 2. The van der Waals surface area contributed by atoms with Crippen molar-refractivity contribution in [3.8, 4) is 17.2 Å². The molecular weight excluding hydrogens is 577 g/mol. The second kappa shape index (κ2) is 11.3. The number of rotatable bonds is 4. The zero-order valence-electron chi connectivity index (χ0n) is 26.1. The summed E-state index contributed by atoms with van der Waals surface area (Å²) in [5, 5.41) is 2.98. The van der Waals surface area contributed by atoms with Gasteiger partial charge < -0.3 is 34.1 Å². The minimum absolute atomic E-state index is 0.0275. The Balaban J connectivity index is 1.23. The molecule has 3 aromatic rings. The second-order valence-corrected chi connectivity index (χ2v) is 13.6. The average Bonchev–Trinajstić information content (AvgIpc) is 3.70. The number of carbonyl (C=O) groups excluding carboxylic acids is 2. The second-order valence-electron chi connectivity index (χ2n) is 13.6. The Morgan fingerprint density at radius 2 is 1.76 bits per heavy atom. The van der Waals surface area contributed by atoms with Crippen LogP contribution in [0.2, 0.25) is 0 Å². The lowest BCUT2D eigenvalue weighted by Gasteiger charge is -2.36. The van der Waals surface area contributed by atoms with Crippen LogP contribution in [0, 0.1) is 5.82 Å². The van der Waals surface area contributed by atoms with E-state index in [1.165, 1.54) is 18.9 Å². The molecule has 1 unspecified atom stereocenters. The Kier molecular flexibility index (Phi) is 7.46. The van der Waals surface area contributed by atoms with Gasteiger partial charge in [-0.2, -0.15) is 0 Å². The summed E-state index contributed by atoms with van der Waals surface area (Å²) in [7, 11) is 0. The highest BCUT2D eigenvalue weighted by Gasteiger charge is 2.35. The van der Waals surface area contributed by atoms with Gasteiger partial charge in [0.1, 0.15) is 22.4 Å². The highest BCUT2D eigenvalue weighted by molar-refractivity contribution is 6.01. The molecule has 3 fully saturated rings. The third-order valence-corrected chi connectivity index (χ3v) is 9.37. The third-order valence-electron chi connectivity index (χ3n) is 9.37. The van der Waals surface area contributed by atoms with E-state index in [9.17, 15) is 14.4 Å². The van der Waals surface area contributed by atoms with Crippen molar-refractivity contribution in [3.05, 3.63) is 58.1 Å². The number of aromatic nitrogens is 1. The van der Waals surface area contributed by atoms with Gasteiger partial charge in [0.25, 0.3) is 5.91 Å². The normalized spacial score (nSPS) is 20.3. The van der Waals surface area contributed by atoms with Crippen molar-refractivity contribution >= 4 is 28.6 Å². The summed E-state index contributed by atoms with van der Waals surface area (Å²) >= 11 is 0. The summed E-state index contributed by atoms with van der Waals surface area (Å²) in [4.78, 5) is 46.3. The lowest BCUT2D eigenvalue weighted by Crippen LogP contribution is -2.46. The van der Waals surface area contributed by atoms with Gasteiger partial charge in [0, 0.05) is 38.4 Å². The standard InChI is InChI=1S/C34H40FN5O5/c1-34(2,3)45-33(43)36-21-10-15-39(19-21)29-25(35)18-23-28-31(29)44-27-9-5-4-8-26(27)40(28)20-24(30(23)41)32(42)38-16-11-22(12-17-38)37-13-6-7-14-37/h4-5,8-9,18,20-22H,6-7,10-17,19H2,1-3H3,(H,36,43). The van der Waals surface area contributed by atoms with Crippen LogP contribution >= 0.6 is 0 Å². The summed E-state index contributed by atoms with van der Waals surface area (Å²) in [5.74, 6) is -0.219. The third kappa shape index (κ3) is 5.51. The van der Waals surface area contributed by atoms with Crippen molar-refractivity contribution in [1.29, 1.82) is 0 Å². The maximum absolute atomic E-state index is 16.1. The van der Waals surface area contributed by atoms with E-state index in [1.807, 2.05) is 23.1 Å². The number of benzene rings is 2. The molecule has 3 saturated heterocycles. The van der Waals surface area contributed by atoms with Gasteiger partial charge in [-0.05, 0) is 84.2 Å². The van der Waals surface area contributed by atoms with E-state index in [1.54, 1.807) is 42.5 Å². The van der Waals surface area contributed by atoms with Crippen LogP contribution in [-0.4, -0.2) is 83.3 Å². The highest BCUT2D eigenvalue weighted by Crippen LogP contribution is 2.47. The number of halogens is 1. The first-order valence-electron chi connectivity index (χ1n) is 16.0. The fourth-order valence-corrected chi connectivity index (χ4v) is 7.27. The van der Waals surface area contributed by atoms with Gasteiger partial charge in [0.2, 0.25) is 5.43 Å². The fraction of sp³-hybridized carbons (Fsp3) is 0.500. The molecule has 238 valence electrons. The molecule has 0 radical (unpaired) electrons. The molecule has 5 heterocycles. The van der Waals surface area contributed by atoms with Crippen LogP contribution in [-0.2, 0) is 4.74 Å². The molecule has 1 atom stereocenters. The summed E-state index contributed by atoms with van der Waals surface area (Å²) < 4.78 is 29.7. The van der Waals surface area contributed by atoms with Gasteiger partial charge in [0.05, 0.1) is 17.1 Å². The minimum atomic E-state index is -0.633. The van der Waals surface area contributed by atoms with Crippen LogP contribution in [0.5, 0.6) is 11.5 Å². The number of anilines is 1. The number of nitrogens with one attached hydrogen (secondary N) is 1. The fourth-order valence-electron chi connectivity index (χ4n) is 7.27. The van der Waals surface area contributed by atoms with Crippen LogP contribution in [0.25, 0.3) is 16.6 Å². The van der Waals surface area contributed by atoms with Crippen molar-refractivity contribution in [2.24, 2.45) is 0 Å². The van der Waals surface area contributed by atoms with Crippen molar-refractivity contribution < 1.29 is 23.5 Å². The van der Waals surface area contributed by atoms with Crippen LogP contribution in [0.3, 0.4) is 0 Å². The van der Waals surface area contributed by atoms with Crippen molar-refractivity contribution in [3.63, 3.8) is 0 Å². The Morgan fingerprint density at radius 3 is 2.49 bits per heavy atom. The molecule has 0 saturated carbocycles. The number of hydrogen-bond acceptors (Lipinski definition) is 7. The largest absolute Gasteiger partial charge is 0.451 e. The summed E-state index contributed by atoms with van der Waals surface area (Å²) in [5.41, 5.74) is 0.199. The molecule has 7 rings (SSSR count). The van der Waals surface area contributed by atoms with Crippen LogP contribution in [0.15, 0.2) is 41.3 Å². The van der Waals surface area contributed by atoms with Crippen molar-refractivity contribution in [2.45, 2.75) is 70.6 Å². The molecule has 10 nitrogen and oxygen atoms in total. The number of pyridine rings is 1. The smallest absolute Gasteiger partial charge is 0.407 e. The first kappa shape index (κ1) is 29.6. The summed E-state index contributed by atoms with van der Waals surface area (Å²) in [6, 6.07) is 8.79. The highest BCUT2D eigenvalue weighted by atomic mass is 19.1. The quantitative estimate of drug-likeness (QED) is 0.343. The molecule has 4 aliphatic rings. The molecule has 0 aliphatic carbocycles. The van der Waals surface area contributed by atoms with Crippen LogP contribution < -0.4 is 20.4 Å². The van der Waals surface area contributed by atoms with Gasteiger partial charge in [-0.25, -0.2) is 9.18 Å². The number of fused-ring (bicyclic) bond motifs is 2. The SMILES string of the molecule is CC(C)(C)OC(=O)NC1CCN(c2c(F)cc3c(=O)c(C(=O)N4CCC(N5CCCC5)CC4)cn4c3c2Oc2ccccc2-4)C1. The Labute approximate surface area is 261 Å². The van der Waals surface area contributed by atoms with Gasteiger partial charge in [0.15, 0.2) is 17.3 Å². The van der Waals surface area contributed by atoms with Crippen molar-refractivity contribution in [1.82, 2.24) is 19.7 Å². The van der Waals surface area contributed by atoms with Gasteiger partial charge in [-0.3, -0.25) is 9.59 Å². The molecule has 1 aromatic heterocycles. The van der Waals surface area contributed by atoms with E-state index in [0.717, 1.165) is 25.9 Å². The number of ether oxygens (including phenoxy) is 2. The maximum Gasteiger partial charge on any atom is 0.407 e.